The van der Waals surface area contributed by atoms with Crippen LogP contribution in [0.15, 0.2) is 0 Å². The molecule has 6 heteroatoms. The summed E-state index contributed by atoms with van der Waals surface area (Å²) in [5.41, 5.74) is 0. The Labute approximate surface area is 65.6 Å². The molecule has 0 aliphatic rings. The van der Waals surface area contributed by atoms with E-state index in [1.54, 1.807) is 0 Å². The van der Waals surface area contributed by atoms with Crippen LogP contribution in [0.4, 0.5) is 0 Å². The Balaban J connectivity index is 3.14. The Morgan fingerprint density at radius 1 is 1.45 bits per heavy atom. The van der Waals surface area contributed by atoms with E-state index in [-0.39, 0.29) is 19.2 Å². The molecule has 1 atom stereocenters. The lowest BCUT2D eigenvalue weighted by Crippen LogP contribution is -2.04. The van der Waals surface area contributed by atoms with Gasteiger partial charge in [0.05, 0.1) is 7.11 Å². The van der Waals surface area contributed by atoms with Gasteiger partial charge in [-0.15, -0.1) is 9.05 Å². The molecule has 0 aliphatic carbocycles. The number of esters is 1. The molecule has 0 radical (unpaired) electrons. The molecule has 5 nitrogen and oxygen atoms in total. The second-order valence-corrected chi connectivity index (χ2v) is 2.65. The van der Waals surface area contributed by atoms with Gasteiger partial charge in [-0.1, -0.05) is 0 Å². The van der Waals surface area contributed by atoms with Crippen molar-refractivity contribution in [2.24, 2.45) is 0 Å². The molecule has 64 valence electrons. The molecule has 0 bridgehead atoms. The maximum absolute atomic E-state index is 10.4. The molecule has 0 rings (SSSR count). The van der Waals surface area contributed by atoms with Crippen LogP contribution < -0.4 is 0 Å². The summed E-state index contributed by atoms with van der Waals surface area (Å²) in [6.45, 7) is 1.47. The summed E-state index contributed by atoms with van der Waals surface area (Å²) in [4.78, 5) is 10.2. The molecule has 0 fully saturated rings. The van der Waals surface area contributed by atoms with Crippen LogP contribution in [0.25, 0.3) is 0 Å². The minimum atomic E-state index is -2.05. The SMILES string of the molecule is CO[P+](=O)OCCOC(C)=O. The fourth-order valence-corrected chi connectivity index (χ4v) is 0.679. The molecule has 1 unspecified atom stereocenters. The maximum atomic E-state index is 10.4. The Hall–Kier alpha value is -0.510. The number of carbonyl (C=O) groups is 1. The molecular weight excluding hydrogens is 171 g/mol. The van der Waals surface area contributed by atoms with Crippen LogP contribution in [0, 0.1) is 0 Å². The van der Waals surface area contributed by atoms with Gasteiger partial charge in [-0.3, -0.25) is 4.79 Å². The van der Waals surface area contributed by atoms with Crippen molar-refractivity contribution in [2.45, 2.75) is 6.92 Å². The highest BCUT2D eigenvalue weighted by Gasteiger charge is 2.16. The largest absolute Gasteiger partial charge is 0.697 e. The Morgan fingerprint density at radius 2 is 2.09 bits per heavy atom. The van der Waals surface area contributed by atoms with E-state index in [4.69, 9.17) is 0 Å². The molecule has 0 aliphatic heterocycles. The highest BCUT2D eigenvalue weighted by atomic mass is 31.1. The Bertz CT molecular complexity index is 146. The molecular formula is C5H10O5P+. The molecule has 0 spiro atoms. The summed E-state index contributed by atoms with van der Waals surface area (Å²) in [6, 6.07) is 0. The first kappa shape index (κ1) is 10.5. The van der Waals surface area contributed by atoms with Gasteiger partial charge in [0.25, 0.3) is 0 Å². The average Bonchev–Trinajstić information content (AvgIpc) is 1.97. The summed E-state index contributed by atoms with van der Waals surface area (Å²) < 4.78 is 23.8. The van der Waals surface area contributed by atoms with Gasteiger partial charge >= 0.3 is 14.2 Å². The summed E-state index contributed by atoms with van der Waals surface area (Å²) in [5, 5.41) is 0. The van der Waals surface area contributed by atoms with E-state index in [2.05, 4.69) is 13.8 Å². The van der Waals surface area contributed by atoms with Gasteiger partial charge < -0.3 is 4.74 Å². The first-order valence-corrected chi connectivity index (χ1v) is 4.04. The van der Waals surface area contributed by atoms with E-state index in [0.29, 0.717) is 0 Å². The lowest BCUT2D eigenvalue weighted by Gasteiger charge is -1.94. The predicted octanol–water partition coefficient (Wildman–Crippen LogP) is 0.870. The summed E-state index contributed by atoms with van der Waals surface area (Å²) in [5.74, 6) is -0.388. The fourth-order valence-electron chi connectivity index (χ4n) is 0.350. The molecule has 0 N–H and O–H groups in total. The highest BCUT2D eigenvalue weighted by molar-refractivity contribution is 7.33. The zero-order chi connectivity index (χ0) is 8.69. The minimum absolute atomic E-state index is 0.0859. The number of hydrogen-bond donors (Lipinski definition) is 0. The van der Waals surface area contributed by atoms with Gasteiger partial charge in [-0.25, -0.2) is 0 Å². The van der Waals surface area contributed by atoms with E-state index in [1.165, 1.54) is 14.0 Å². The molecule has 0 amide bonds. The standard InChI is InChI=1S/C5H10O5P/c1-5(6)9-3-4-10-11(7)8-2/h3-4H2,1-2H3/q+1. The zero-order valence-electron chi connectivity index (χ0n) is 6.40. The smallest absolute Gasteiger partial charge is 0.463 e. The van der Waals surface area contributed by atoms with Crippen molar-refractivity contribution >= 4 is 14.2 Å². The first-order valence-electron chi connectivity index (χ1n) is 2.94. The Morgan fingerprint density at radius 3 is 2.55 bits per heavy atom. The number of rotatable bonds is 5. The van der Waals surface area contributed by atoms with Gasteiger partial charge in [0.1, 0.15) is 13.2 Å². The molecule has 0 aromatic heterocycles. The molecule has 0 aromatic carbocycles. The monoisotopic (exact) mass is 181 g/mol. The molecule has 11 heavy (non-hydrogen) atoms. The number of ether oxygens (including phenoxy) is 1. The van der Waals surface area contributed by atoms with Crippen molar-refractivity contribution in [3.05, 3.63) is 0 Å². The van der Waals surface area contributed by atoms with Gasteiger partial charge in [0.2, 0.25) is 0 Å². The zero-order valence-corrected chi connectivity index (χ0v) is 7.30. The van der Waals surface area contributed by atoms with Crippen LogP contribution in [0.1, 0.15) is 6.92 Å². The normalized spacial score (nSPS) is 10.9. The second-order valence-electron chi connectivity index (χ2n) is 1.58. The molecule has 0 heterocycles. The van der Waals surface area contributed by atoms with E-state index in [1.807, 2.05) is 0 Å². The van der Waals surface area contributed by atoms with E-state index >= 15 is 0 Å². The third-order valence-corrected chi connectivity index (χ3v) is 1.43. The quantitative estimate of drug-likeness (QED) is 0.357. The van der Waals surface area contributed by atoms with E-state index in [9.17, 15) is 9.36 Å². The fraction of sp³-hybridized carbons (Fsp3) is 0.800. The molecule has 0 saturated heterocycles. The second kappa shape index (κ2) is 6.22. The van der Waals surface area contributed by atoms with Gasteiger partial charge in [0.15, 0.2) is 0 Å². The van der Waals surface area contributed by atoms with E-state index in [0.717, 1.165) is 0 Å². The van der Waals surface area contributed by atoms with Crippen LogP contribution in [-0.2, 0) is 23.1 Å². The van der Waals surface area contributed by atoms with Crippen LogP contribution in [-0.4, -0.2) is 26.3 Å². The van der Waals surface area contributed by atoms with E-state index < -0.39 is 8.25 Å². The summed E-state index contributed by atoms with van der Waals surface area (Å²) in [7, 11) is -0.782. The summed E-state index contributed by atoms with van der Waals surface area (Å²) >= 11 is 0. The van der Waals surface area contributed by atoms with Crippen LogP contribution in [0.3, 0.4) is 0 Å². The highest BCUT2D eigenvalue weighted by Crippen LogP contribution is 2.20. The lowest BCUT2D eigenvalue weighted by molar-refractivity contribution is -0.141. The van der Waals surface area contributed by atoms with Gasteiger partial charge in [0, 0.05) is 11.5 Å². The van der Waals surface area contributed by atoms with Crippen LogP contribution in [0.2, 0.25) is 0 Å². The van der Waals surface area contributed by atoms with Crippen LogP contribution in [0.5, 0.6) is 0 Å². The van der Waals surface area contributed by atoms with Crippen molar-refractivity contribution in [3.8, 4) is 0 Å². The first-order chi connectivity index (χ1) is 5.16. The number of carbonyl (C=O) groups excluding carboxylic acids is 1. The van der Waals surface area contributed by atoms with Crippen molar-refractivity contribution < 1.29 is 23.1 Å². The van der Waals surface area contributed by atoms with Crippen molar-refractivity contribution in [2.75, 3.05) is 20.3 Å². The van der Waals surface area contributed by atoms with Crippen LogP contribution >= 0.6 is 8.25 Å². The van der Waals surface area contributed by atoms with Gasteiger partial charge in [-0.05, 0) is 0 Å². The van der Waals surface area contributed by atoms with Crippen molar-refractivity contribution in [1.29, 1.82) is 0 Å². The summed E-state index contributed by atoms with van der Waals surface area (Å²) in [6.07, 6.45) is 0. The number of hydrogen-bond acceptors (Lipinski definition) is 5. The van der Waals surface area contributed by atoms with Crippen molar-refractivity contribution in [3.63, 3.8) is 0 Å². The maximum Gasteiger partial charge on any atom is 0.697 e. The third-order valence-electron chi connectivity index (χ3n) is 0.734. The van der Waals surface area contributed by atoms with Gasteiger partial charge in [-0.2, -0.15) is 0 Å². The lowest BCUT2D eigenvalue weighted by atomic mass is 10.7. The Kier molecular flexibility index (Phi) is 5.93. The molecule has 0 aromatic rings. The predicted molar refractivity (Wildman–Crippen MR) is 37.2 cm³/mol. The molecule has 0 saturated carbocycles. The third kappa shape index (κ3) is 7.39. The average molecular weight is 181 g/mol. The van der Waals surface area contributed by atoms with Crippen molar-refractivity contribution in [1.82, 2.24) is 0 Å². The topological polar surface area (TPSA) is 61.8 Å². The minimum Gasteiger partial charge on any atom is -0.463 e.